The van der Waals surface area contributed by atoms with Gasteiger partial charge in [-0.05, 0) is 35.8 Å². The fourth-order valence-corrected chi connectivity index (χ4v) is 4.21. The van der Waals surface area contributed by atoms with E-state index in [1.165, 1.54) is 0 Å². The number of aromatic amines is 1. The Bertz CT molecular complexity index is 1110. The number of carbonyl (C=O) groups is 4. The van der Waals surface area contributed by atoms with Crippen molar-refractivity contribution in [2.45, 2.75) is 85.0 Å². The standard InChI is InChI=1S/C28H43N5O5/c1-7-17(6)24(28(37)38)33-26(35)21(12-15(2)3)31-25(34)22(32-27(36)23(29)16(4)5)13-18-14-30-20-11-9-8-10-19(18)20/h8-11,14-17,21-24,30H,7,12-13,29H2,1-6H3,(H,31,34)(H,32,36)(H,33,35)(H,37,38). The van der Waals surface area contributed by atoms with E-state index in [1.807, 2.05) is 58.9 Å². The number of rotatable bonds is 14. The van der Waals surface area contributed by atoms with Crippen LogP contribution < -0.4 is 21.7 Å². The molecule has 10 nitrogen and oxygen atoms in total. The highest BCUT2D eigenvalue weighted by Gasteiger charge is 2.33. The van der Waals surface area contributed by atoms with E-state index < -0.39 is 47.9 Å². The van der Waals surface area contributed by atoms with Crippen LogP contribution in [0, 0.1) is 17.8 Å². The molecule has 0 saturated heterocycles. The molecule has 1 aromatic carbocycles. The molecule has 38 heavy (non-hydrogen) atoms. The van der Waals surface area contributed by atoms with E-state index in [4.69, 9.17) is 5.73 Å². The van der Waals surface area contributed by atoms with Crippen molar-refractivity contribution < 1.29 is 24.3 Å². The third-order valence-corrected chi connectivity index (χ3v) is 6.87. The minimum absolute atomic E-state index is 0.0361. The fourth-order valence-electron chi connectivity index (χ4n) is 4.21. The van der Waals surface area contributed by atoms with Crippen LogP contribution in [0.15, 0.2) is 30.5 Å². The van der Waals surface area contributed by atoms with E-state index in [9.17, 15) is 24.3 Å². The first kappa shape index (κ1) is 30.8. The lowest BCUT2D eigenvalue weighted by Crippen LogP contribution is -2.58. The molecule has 5 unspecified atom stereocenters. The Morgan fingerprint density at radius 1 is 0.921 bits per heavy atom. The number of aliphatic carboxylic acids is 1. The maximum Gasteiger partial charge on any atom is 0.326 e. The van der Waals surface area contributed by atoms with Crippen molar-refractivity contribution >= 4 is 34.6 Å². The zero-order chi connectivity index (χ0) is 28.6. The van der Waals surface area contributed by atoms with E-state index in [1.54, 1.807) is 13.1 Å². The molecule has 3 amide bonds. The molecule has 0 spiro atoms. The number of para-hydroxylation sites is 1. The summed E-state index contributed by atoms with van der Waals surface area (Å²) in [5.41, 5.74) is 7.77. The zero-order valence-electron chi connectivity index (χ0n) is 23.2. The Hall–Kier alpha value is -3.40. The first-order valence-electron chi connectivity index (χ1n) is 13.3. The number of carboxylic acids is 1. The highest BCUT2D eigenvalue weighted by molar-refractivity contribution is 5.95. The second-order valence-electron chi connectivity index (χ2n) is 10.8. The lowest BCUT2D eigenvalue weighted by Gasteiger charge is -2.27. The maximum atomic E-state index is 13.6. The highest BCUT2D eigenvalue weighted by Crippen LogP contribution is 2.20. The molecule has 0 aliphatic rings. The molecule has 10 heteroatoms. The molecule has 0 bridgehead atoms. The second-order valence-corrected chi connectivity index (χ2v) is 10.8. The number of carbonyl (C=O) groups excluding carboxylic acids is 3. The number of aromatic nitrogens is 1. The maximum absolute atomic E-state index is 13.6. The quantitative estimate of drug-likeness (QED) is 0.220. The van der Waals surface area contributed by atoms with E-state index in [2.05, 4.69) is 20.9 Å². The molecular formula is C28H43N5O5. The van der Waals surface area contributed by atoms with Crippen molar-refractivity contribution in [3.8, 4) is 0 Å². The summed E-state index contributed by atoms with van der Waals surface area (Å²) in [6, 6.07) is 3.76. The molecule has 1 aromatic heterocycles. The van der Waals surface area contributed by atoms with Crippen LogP contribution in [0.25, 0.3) is 10.9 Å². The van der Waals surface area contributed by atoms with Crippen LogP contribution in [0.1, 0.15) is 59.9 Å². The van der Waals surface area contributed by atoms with Gasteiger partial charge < -0.3 is 31.8 Å². The van der Waals surface area contributed by atoms with Crippen molar-refractivity contribution in [2.24, 2.45) is 23.5 Å². The van der Waals surface area contributed by atoms with Gasteiger partial charge in [0.05, 0.1) is 6.04 Å². The number of benzene rings is 1. The van der Waals surface area contributed by atoms with Gasteiger partial charge in [0.25, 0.3) is 0 Å². The van der Waals surface area contributed by atoms with Crippen molar-refractivity contribution in [3.05, 3.63) is 36.0 Å². The number of nitrogens with two attached hydrogens (primary N) is 1. The monoisotopic (exact) mass is 529 g/mol. The van der Waals surface area contributed by atoms with Crippen LogP contribution in [-0.4, -0.2) is 57.9 Å². The first-order chi connectivity index (χ1) is 17.8. The van der Waals surface area contributed by atoms with Gasteiger partial charge >= 0.3 is 5.97 Å². The normalized spacial score (nSPS) is 15.5. The summed E-state index contributed by atoms with van der Waals surface area (Å²) < 4.78 is 0. The minimum atomic E-state index is -1.13. The van der Waals surface area contributed by atoms with Crippen LogP contribution in [-0.2, 0) is 25.6 Å². The molecule has 210 valence electrons. The average molecular weight is 530 g/mol. The van der Waals surface area contributed by atoms with Gasteiger partial charge in [-0.15, -0.1) is 0 Å². The Morgan fingerprint density at radius 2 is 1.53 bits per heavy atom. The van der Waals surface area contributed by atoms with Gasteiger partial charge in [-0.1, -0.05) is 66.2 Å². The molecule has 2 rings (SSSR count). The Morgan fingerprint density at radius 3 is 2.11 bits per heavy atom. The summed E-state index contributed by atoms with van der Waals surface area (Å²) in [5, 5.41) is 18.7. The van der Waals surface area contributed by atoms with Crippen LogP contribution in [0.4, 0.5) is 0 Å². The molecular weight excluding hydrogens is 486 g/mol. The van der Waals surface area contributed by atoms with Gasteiger partial charge in [-0.25, -0.2) is 4.79 Å². The summed E-state index contributed by atoms with van der Waals surface area (Å²) >= 11 is 0. The lowest BCUT2D eigenvalue weighted by molar-refractivity contribution is -0.144. The van der Waals surface area contributed by atoms with Gasteiger partial charge in [0.1, 0.15) is 18.1 Å². The van der Waals surface area contributed by atoms with Crippen LogP contribution >= 0.6 is 0 Å². The molecule has 0 saturated carbocycles. The molecule has 5 atom stereocenters. The number of H-pyrrole nitrogens is 1. The summed E-state index contributed by atoms with van der Waals surface area (Å²) in [6.45, 7) is 11.0. The Labute approximate surface area is 224 Å². The molecule has 2 aromatic rings. The number of nitrogens with one attached hydrogen (secondary N) is 4. The van der Waals surface area contributed by atoms with E-state index in [0.717, 1.165) is 16.5 Å². The second kappa shape index (κ2) is 13.9. The number of carboxylic acid groups (broad SMARTS) is 1. The third kappa shape index (κ3) is 8.31. The molecule has 0 aliphatic carbocycles. The third-order valence-electron chi connectivity index (χ3n) is 6.87. The van der Waals surface area contributed by atoms with Crippen molar-refractivity contribution in [2.75, 3.05) is 0 Å². The molecule has 0 radical (unpaired) electrons. The summed E-state index contributed by atoms with van der Waals surface area (Å²) in [4.78, 5) is 54.5. The number of hydrogen-bond acceptors (Lipinski definition) is 5. The van der Waals surface area contributed by atoms with E-state index in [-0.39, 0.29) is 24.2 Å². The van der Waals surface area contributed by atoms with Crippen molar-refractivity contribution in [1.29, 1.82) is 0 Å². The topological polar surface area (TPSA) is 166 Å². The van der Waals surface area contributed by atoms with Crippen LogP contribution in [0.5, 0.6) is 0 Å². The van der Waals surface area contributed by atoms with E-state index in [0.29, 0.717) is 12.8 Å². The summed E-state index contributed by atoms with van der Waals surface area (Å²) in [6.07, 6.45) is 2.82. The van der Waals surface area contributed by atoms with Gasteiger partial charge in [0, 0.05) is 23.5 Å². The van der Waals surface area contributed by atoms with Crippen LogP contribution in [0.3, 0.4) is 0 Å². The fraction of sp³-hybridized carbons (Fsp3) is 0.571. The first-order valence-corrected chi connectivity index (χ1v) is 13.3. The predicted molar refractivity (Wildman–Crippen MR) is 147 cm³/mol. The average Bonchev–Trinajstić information content (AvgIpc) is 3.27. The SMILES string of the molecule is CCC(C)C(NC(=O)C(CC(C)C)NC(=O)C(Cc1c[nH]c2ccccc12)NC(=O)C(N)C(C)C)C(=O)O. The number of amides is 3. The van der Waals surface area contributed by atoms with E-state index >= 15 is 0 Å². The Kier molecular flexibility index (Phi) is 11.3. The highest BCUT2D eigenvalue weighted by atomic mass is 16.4. The minimum Gasteiger partial charge on any atom is -0.480 e. The Balaban J connectivity index is 2.32. The summed E-state index contributed by atoms with van der Waals surface area (Å²) in [5.74, 6) is -3.11. The van der Waals surface area contributed by atoms with Gasteiger partial charge in [0.2, 0.25) is 17.7 Å². The largest absolute Gasteiger partial charge is 0.480 e. The molecule has 0 aliphatic heterocycles. The van der Waals surface area contributed by atoms with Crippen LogP contribution in [0.2, 0.25) is 0 Å². The number of fused-ring (bicyclic) bond motifs is 1. The molecule has 1 heterocycles. The lowest BCUT2D eigenvalue weighted by atomic mass is 9.97. The van der Waals surface area contributed by atoms with Gasteiger partial charge in [-0.2, -0.15) is 0 Å². The predicted octanol–water partition coefficient (Wildman–Crippen LogP) is 2.32. The smallest absolute Gasteiger partial charge is 0.326 e. The zero-order valence-corrected chi connectivity index (χ0v) is 23.2. The molecule has 0 fully saturated rings. The van der Waals surface area contributed by atoms with Gasteiger partial charge in [0.15, 0.2) is 0 Å². The summed E-state index contributed by atoms with van der Waals surface area (Å²) in [7, 11) is 0. The number of hydrogen-bond donors (Lipinski definition) is 6. The molecule has 7 N–H and O–H groups in total. The van der Waals surface area contributed by atoms with Gasteiger partial charge in [-0.3, -0.25) is 14.4 Å². The van der Waals surface area contributed by atoms with Crippen molar-refractivity contribution in [3.63, 3.8) is 0 Å². The van der Waals surface area contributed by atoms with Crippen molar-refractivity contribution in [1.82, 2.24) is 20.9 Å².